The van der Waals surface area contributed by atoms with Gasteiger partial charge in [0, 0.05) is 17.5 Å². The number of rotatable bonds is 5. The highest BCUT2D eigenvalue weighted by atomic mass is 79.9. The smallest absolute Gasteiger partial charge is 0.106 e. The van der Waals surface area contributed by atoms with Crippen molar-refractivity contribution in [1.82, 2.24) is 0 Å². The van der Waals surface area contributed by atoms with E-state index >= 15 is 0 Å². The van der Waals surface area contributed by atoms with Gasteiger partial charge in [-0.1, -0.05) is 13.8 Å². The monoisotopic (exact) mass is 291 g/mol. The van der Waals surface area contributed by atoms with Gasteiger partial charge in [-0.2, -0.15) is 0 Å². The molecule has 2 atom stereocenters. The number of hydrogen-bond donors (Lipinski definition) is 1. The molecule has 0 fully saturated rings. The number of thiophene rings is 1. The molecule has 0 aliphatic heterocycles. The number of hydrogen-bond acceptors (Lipinski definition) is 3. The maximum atomic E-state index is 5.93. The average Bonchev–Trinajstić information content (AvgIpc) is 2.51. The molecule has 0 saturated heterocycles. The Kier molecular flexibility index (Phi) is 5.26. The van der Waals surface area contributed by atoms with Gasteiger partial charge in [-0.05, 0) is 40.9 Å². The van der Waals surface area contributed by atoms with Gasteiger partial charge in [-0.15, -0.1) is 11.3 Å². The van der Waals surface area contributed by atoms with Crippen molar-refractivity contribution in [3.05, 3.63) is 20.8 Å². The summed E-state index contributed by atoms with van der Waals surface area (Å²) in [7, 11) is 0. The summed E-state index contributed by atoms with van der Waals surface area (Å²) >= 11 is 5.14. The van der Waals surface area contributed by atoms with Crippen LogP contribution in [0, 0.1) is 5.92 Å². The van der Waals surface area contributed by atoms with Gasteiger partial charge < -0.3 is 10.5 Å². The van der Waals surface area contributed by atoms with Gasteiger partial charge in [-0.25, -0.2) is 0 Å². The van der Waals surface area contributed by atoms with E-state index in [-0.39, 0.29) is 12.1 Å². The van der Waals surface area contributed by atoms with Crippen LogP contribution in [-0.4, -0.2) is 12.6 Å². The van der Waals surface area contributed by atoms with Gasteiger partial charge in [0.1, 0.15) is 6.10 Å². The molecule has 1 aromatic heterocycles. The Balaban J connectivity index is 2.66. The first kappa shape index (κ1) is 13.2. The van der Waals surface area contributed by atoms with Gasteiger partial charge >= 0.3 is 0 Å². The first-order valence-corrected chi connectivity index (χ1v) is 6.74. The highest BCUT2D eigenvalue weighted by Gasteiger charge is 2.19. The third-order valence-electron chi connectivity index (χ3n) is 1.96. The Bertz CT molecular complexity index is 299. The van der Waals surface area contributed by atoms with Crippen LogP contribution in [0.2, 0.25) is 0 Å². The third kappa shape index (κ3) is 4.23. The minimum absolute atomic E-state index is 0.0173. The Morgan fingerprint density at radius 1 is 1.40 bits per heavy atom. The molecule has 0 spiro atoms. The fraction of sp³-hybridized carbons (Fsp3) is 0.636. The highest BCUT2D eigenvalue weighted by Crippen LogP contribution is 2.31. The van der Waals surface area contributed by atoms with E-state index in [4.69, 9.17) is 10.5 Å². The van der Waals surface area contributed by atoms with E-state index in [1.54, 1.807) is 11.3 Å². The Hall–Kier alpha value is 0.1000. The number of halogens is 1. The first-order valence-electron chi connectivity index (χ1n) is 5.13. The molecule has 2 nitrogen and oxygen atoms in total. The van der Waals surface area contributed by atoms with E-state index < -0.39 is 0 Å². The molecule has 2 unspecified atom stereocenters. The van der Waals surface area contributed by atoms with Crippen molar-refractivity contribution >= 4 is 27.3 Å². The summed E-state index contributed by atoms with van der Waals surface area (Å²) in [6.07, 6.45) is 0.0173. The van der Waals surface area contributed by atoms with E-state index in [1.165, 1.54) is 4.88 Å². The quantitative estimate of drug-likeness (QED) is 0.900. The molecular formula is C11H18BrNOS. The molecule has 1 aromatic rings. The third-order valence-corrected chi connectivity index (χ3v) is 3.65. The lowest BCUT2D eigenvalue weighted by Gasteiger charge is -2.21. The second kappa shape index (κ2) is 5.99. The highest BCUT2D eigenvalue weighted by molar-refractivity contribution is 9.11. The van der Waals surface area contributed by atoms with E-state index in [0.717, 1.165) is 10.4 Å². The molecule has 0 bridgehead atoms. The van der Waals surface area contributed by atoms with Crippen molar-refractivity contribution in [3.63, 3.8) is 0 Å². The molecule has 0 aliphatic carbocycles. The molecule has 86 valence electrons. The molecule has 2 N–H and O–H groups in total. The zero-order valence-corrected chi connectivity index (χ0v) is 11.8. The molecule has 1 rings (SSSR count). The summed E-state index contributed by atoms with van der Waals surface area (Å²) in [6.45, 7) is 7.02. The summed E-state index contributed by atoms with van der Waals surface area (Å²) in [5.41, 5.74) is 5.93. The van der Waals surface area contributed by atoms with Crippen molar-refractivity contribution in [2.24, 2.45) is 11.7 Å². The average molecular weight is 292 g/mol. The van der Waals surface area contributed by atoms with Crippen molar-refractivity contribution < 1.29 is 4.74 Å². The van der Waals surface area contributed by atoms with Gasteiger partial charge in [-0.3, -0.25) is 0 Å². The van der Waals surface area contributed by atoms with Crippen LogP contribution in [0.1, 0.15) is 31.8 Å². The van der Waals surface area contributed by atoms with Crippen molar-refractivity contribution in [3.8, 4) is 0 Å². The summed E-state index contributed by atoms with van der Waals surface area (Å²) in [6, 6.07) is 4.13. The minimum Gasteiger partial charge on any atom is -0.371 e. The Morgan fingerprint density at radius 2 is 2.07 bits per heavy atom. The molecule has 0 radical (unpaired) electrons. The van der Waals surface area contributed by atoms with Crippen LogP contribution in [0.25, 0.3) is 0 Å². The SMILES string of the molecule is CC(C)COC(c1ccc(Br)s1)C(C)N. The maximum Gasteiger partial charge on any atom is 0.106 e. The van der Waals surface area contributed by atoms with Crippen molar-refractivity contribution in [1.29, 1.82) is 0 Å². The first-order chi connectivity index (χ1) is 7.00. The standard InChI is InChI=1S/C11H18BrNOS/c1-7(2)6-14-11(8(3)13)9-4-5-10(12)15-9/h4-5,7-8,11H,6,13H2,1-3H3. The van der Waals surface area contributed by atoms with Crippen molar-refractivity contribution in [2.75, 3.05) is 6.61 Å². The second-order valence-corrected chi connectivity index (χ2v) is 6.64. The van der Waals surface area contributed by atoms with Crippen LogP contribution in [0.15, 0.2) is 15.9 Å². The number of ether oxygens (including phenoxy) is 1. The van der Waals surface area contributed by atoms with E-state index in [9.17, 15) is 0 Å². The van der Waals surface area contributed by atoms with Gasteiger partial charge in [0.25, 0.3) is 0 Å². The summed E-state index contributed by atoms with van der Waals surface area (Å²) in [4.78, 5) is 1.19. The molecular weight excluding hydrogens is 274 g/mol. The normalized spacial score (nSPS) is 15.6. The van der Waals surface area contributed by atoms with Crippen LogP contribution >= 0.6 is 27.3 Å². The predicted octanol–water partition coefficient (Wildman–Crippen LogP) is 3.57. The van der Waals surface area contributed by atoms with Crippen LogP contribution in [0.4, 0.5) is 0 Å². The van der Waals surface area contributed by atoms with Crippen molar-refractivity contribution in [2.45, 2.75) is 32.9 Å². The molecule has 0 amide bonds. The zero-order valence-electron chi connectivity index (χ0n) is 9.37. The van der Waals surface area contributed by atoms with Crippen LogP contribution in [-0.2, 0) is 4.74 Å². The van der Waals surface area contributed by atoms with Crippen LogP contribution in [0.5, 0.6) is 0 Å². The molecule has 0 aromatic carbocycles. The predicted molar refractivity (Wildman–Crippen MR) is 69.2 cm³/mol. The minimum atomic E-state index is 0.0173. The van der Waals surface area contributed by atoms with Crippen LogP contribution < -0.4 is 5.73 Å². The topological polar surface area (TPSA) is 35.2 Å². The molecule has 0 saturated carbocycles. The number of nitrogens with two attached hydrogens (primary N) is 1. The van der Waals surface area contributed by atoms with Crippen LogP contribution in [0.3, 0.4) is 0 Å². The Labute approximate surface area is 104 Å². The fourth-order valence-corrected chi connectivity index (χ4v) is 2.86. The van der Waals surface area contributed by atoms with E-state index in [1.807, 2.05) is 13.0 Å². The van der Waals surface area contributed by atoms with Gasteiger partial charge in [0.2, 0.25) is 0 Å². The van der Waals surface area contributed by atoms with E-state index in [2.05, 4.69) is 35.8 Å². The molecule has 1 heterocycles. The molecule has 15 heavy (non-hydrogen) atoms. The fourth-order valence-electron chi connectivity index (χ4n) is 1.27. The second-order valence-electron chi connectivity index (χ2n) is 4.15. The van der Waals surface area contributed by atoms with E-state index in [0.29, 0.717) is 5.92 Å². The lowest BCUT2D eigenvalue weighted by molar-refractivity contribution is 0.0243. The van der Waals surface area contributed by atoms with Gasteiger partial charge in [0.15, 0.2) is 0 Å². The maximum absolute atomic E-state index is 5.93. The lowest BCUT2D eigenvalue weighted by Crippen LogP contribution is -2.27. The summed E-state index contributed by atoms with van der Waals surface area (Å²) < 4.78 is 6.95. The van der Waals surface area contributed by atoms with Gasteiger partial charge in [0.05, 0.1) is 3.79 Å². The lowest BCUT2D eigenvalue weighted by atomic mass is 10.1. The zero-order chi connectivity index (χ0) is 11.4. The molecule has 0 aliphatic rings. The summed E-state index contributed by atoms with van der Waals surface area (Å²) in [5.74, 6) is 0.537. The summed E-state index contributed by atoms with van der Waals surface area (Å²) in [5, 5.41) is 0. The molecule has 4 heteroatoms. The Morgan fingerprint density at radius 3 is 2.47 bits per heavy atom. The largest absolute Gasteiger partial charge is 0.371 e.